The first-order valence-electron chi connectivity index (χ1n) is 21.9. The van der Waals surface area contributed by atoms with Crippen LogP contribution in [0.2, 0.25) is 5.02 Å². The number of alkyl carbamates (subject to hydrolysis) is 1. The maximum atomic E-state index is 13.9. The number of nitrogens with zero attached hydrogens (tertiary/aromatic N) is 4. The van der Waals surface area contributed by atoms with Gasteiger partial charge in [-0.2, -0.15) is 5.21 Å². The van der Waals surface area contributed by atoms with E-state index in [0.29, 0.717) is 60.9 Å². The fraction of sp³-hybridized carbons (Fsp3) is 0.489. The van der Waals surface area contributed by atoms with E-state index in [-0.39, 0.29) is 54.2 Å². The Bertz CT molecular complexity index is 2250. The summed E-state index contributed by atoms with van der Waals surface area (Å²) in [7, 11) is 0. The number of benzene rings is 3. The maximum Gasteiger partial charge on any atom is 0.410 e. The predicted molar refractivity (Wildman–Crippen MR) is 243 cm³/mol. The summed E-state index contributed by atoms with van der Waals surface area (Å²) in [6, 6.07) is 18.7. The minimum atomic E-state index is -0.893. The van der Waals surface area contributed by atoms with Gasteiger partial charge in [-0.3, -0.25) is 14.4 Å². The Balaban J connectivity index is 1.08. The highest BCUT2D eigenvalue weighted by Crippen LogP contribution is 2.31. The minimum absolute atomic E-state index is 0.0989. The number of carbonyl (C=O) groups excluding carboxylic acids is 5. The summed E-state index contributed by atoms with van der Waals surface area (Å²) in [6.07, 6.45) is 3.38. The number of aromatic nitrogens is 4. The highest BCUT2D eigenvalue weighted by molar-refractivity contribution is 6.33. The number of anilines is 1. The molecular formula is C47H60ClN9O7. The lowest BCUT2D eigenvalue weighted by Crippen LogP contribution is -2.52. The van der Waals surface area contributed by atoms with Gasteiger partial charge in [0, 0.05) is 64.9 Å². The Hall–Kier alpha value is -6.03. The molecule has 2 fully saturated rings. The summed E-state index contributed by atoms with van der Waals surface area (Å²) >= 11 is 6.78. The number of hydrogen-bond donors (Lipinski definition) is 5. The standard InChI is InChI=1S/C47H60ClN9O7/c1-28-24-36(22-23-57(28)45(62)64-47(5,6)7)51-42(59)34-18-21-37(38(48)26-34)31-12-8-29(9-13-31)25-39(43(60)50-35-19-16-32(17-20-35)40-53-55-56-54-40)52-41(58)33-14-10-30(11-15-33)27-49-44(61)63-46(2,3)4/h8-9,12-13,16-21,26,28,30,33,36,39H,10-11,14-15,22-25,27H2,1-7H3,(H,49,61)(H,50,60)(H,51,59)(H,52,58)(H,53,54,55,56). The van der Waals surface area contributed by atoms with Crippen LogP contribution in [0.5, 0.6) is 0 Å². The van der Waals surface area contributed by atoms with Crippen molar-refractivity contribution in [3.63, 3.8) is 0 Å². The molecule has 1 aliphatic heterocycles. The zero-order valence-electron chi connectivity index (χ0n) is 37.6. The number of ether oxygens (including phenoxy) is 2. The summed E-state index contributed by atoms with van der Waals surface area (Å²) < 4.78 is 10.9. The monoisotopic (exact) mass is 897 g/mol. The molecule has 0 radical (unpaired) electrons. The molecule has 1 aromatic heterocycles. The van der Waals surface area contributed by atoms with Crippen LogP contribution in [0.25, 0.3) is 22.5 Å². The van der Waals surface area contributed by atoms with E-state index in [4.69, 9.17) is 21.1 Å². The molecule has 2 heterocycles. The molecule has 17 heteroatoms. The van der Waals surface area contributed by atoms with E-state index in [1.54, 1.807) is 41.3 Å². The molecule has 2 aliphatic rings. The lowest BCUT2D eigenvalue weighted by Gasteiger charge is -2.38. The van der Waals surface area contributed by atoms with Gasteiger partial charge in [0.25, 0.3) is 5.91 Å². The van der Waals surface area contributed by atoms with Gasteiger partial charge < -0.3 is 35.6 Å². The Labute approximate surface area is 379 Å². The third kappa shape index (κ3) is 13.5. The molecule has 1 saturated heterocycles. The van der Waals surface area contributed by atoms with Crippen LogP contribution < -0.4 is 21.3 Å². The van der Waals surface area contributed by atoms with Crippen molar-refractivity contribution in [3.05, 3.63) is 82.9 Å². The fourth-order valence-corrected chi connectivity index (χ4v) is 8.29. The molecule has 4 aromatic rings. The first kappa shape index (κ1) is 47.4. The molecule has 5 N–H and O–H groups in total. The van der Waals surface area contributed by atoms with Crippen molar-refractivity contribution in [1.82, 2.24) is 41.5 Å². The number of aromatic amines is 1. The number of likely N-dealkylation sites (tertiary alicyclic amines) is 1. The van der Waals surface area contributed by atoms with Crippen LogP contribution in [-0.4, -0.2) is 97.8 Å². The molecule has 6 rings (SSSR count). The number of tetrazole rings is 1. The van der Waals surface area contributed by atoms with E-state index in [1.807, 2.05) is 78.8 Å². The first-order chi connectivity index (χ1) is 30.3. The average Bonchev–Trinajstić information content (AvgIpc) is 3.78. The SMILES string of the molecule is CC1CC(NC(=O)c2ccc(-c3ccc(CC(NC(=O)C4CCC(CNC(=O)OC(C)(C)C)CC4)C(=O)Nc4ccc(-c5nn[nH]n5)cc4)cc3)c(Cl)c2)CCN1C(=O)OC(C)(C)C. The average molecular weight is 899 g/mol. The zero-order chi connectivity index (χ0) is 46.2. The van der Waals surface area contributed by atoms with Crippen LogP contribution in [0.3, 0.4) is 0 Å². The Morgan fingerprint density at radius 2 is 1.53 bits per heavy atom. The normalized spacial score (nSPS) is 19.5. The lowest BCUT2D eigenvalue weighted by atomic mass is 9.81. The Morgan fingerprint density at radius 3 is 2.14 bits per heavy atom. The highest BCUT2D eigenvalue weighted by atomic mass is 35.5. The summed E-state index contributed by atoms with van der Waals surface area (Å²) in [4.78, 5) is 67.5. The van der Waals surface area contributed by atoms with Gasteiger partial charge in [-0.15, -0.1) is 10.2 Å². The summed E-state index contributed by atoms with van der Waals surface area (Å²) in [5.41, 5.74) is 2.86. The van der Waals surface area contributed by atoms with E-state index >= 15 is 0 Å². The molecule has 1 saturated carbocycles. The molecule has 3 unspecified atom stereocenters. The molecule has 1 aliphatic carbocycles. The second-order valence-electron chi connectivity index (χ2n) is 18.8. The molecule has 64 heavy (non-hydrogen) atoms. The van der Waals surface area contributed by atoms with Crippen molar-refractivity contribution in [1.29, 1.82) is 0 Å². The van der Waals surface area contributed by atoms with Gasteiger partial charge in [0.2, 0.25) is 17.6 Å². The third-order valence-electron chi connectivity index (χ3n) is 11.3. The lowest BCUT2D eigenvalue weighted by molar-refractivity contribution is -0.130. The van der Waals surface area contributed by atoms with Crippen LogP contribution >= 0.6 is 11.6 Å². The number of rotatable bonds is 12. The van der Waals surface area contributed by atoms with E-state index < -0.39 is 23.3 Å². The zero-order valence-corrected chi connectivity index (χ0v) is 38.4. The van der Waals surface area contributed by atoms with Gasteiger partial charge in [-0.1, -0.05) is 41.9 Å². The summed E-state index contributed by atoms with van der Waals surface area (Å²) in [6.45, 7) is 13.9. The van der Waals surface area contributed by atoms with Crippen LogP contribution in [0.4, 0.5) is 15.3 Å². The molecule has 5 amide bonds. The molecule has 3 atom stereocenters. The maximum absolute atomic E-state index is 13.9. The van der Waals surface area contributed by atoms with Gasteiger partial charge in [0.1, 0.15) is 17.2 Å². The van der Waals surface area contributed by atoms with Crippen molar-refractivity contribution in [2.75, 3.05) is 18.4 Å². The van der Waals surface area contributed by atoms with Gasteiger partial charge in [0.15, 0.2) is 0 Å². The van der Waals surface area contributed by atoms with Crippen LogP contribution in [0.15, 0.2) is 66.7 Å². The fourth-order valence-electron chi connectivity index (χ4n) is 8.00. The van der Waals surface area contributed by atoms with Crippen molar-refractivity contribution in [3.8, 4) is 22.5 Å². The molecular weight excluding hydrogens is 838 g/mol. The second kappa shape index (κ2) is 20.6. The van der Waals surface area contributed by atoms with Crippen LogP contribution in [0, 0.1) is 11.8 Å². The molecule has 3 aromatic carbocycles. The number of halogens is 1. The van der Waals surface area contributed by atoms with Crippen molar-refractivity contribution >= 4 is 47.2 Å². The number of amides is 5. The first-order valence-corrected chi connectivity index (χ1v) is 22.3. The number of piperidine rings is 1. The van der Waals surface area contributed by atoms with E-state index in [0.717, 1.165) is 35.1 Å². The topological polar surface area (TPSA) is 210 Å². The second-order valence-corrected chi connectivity index (χ2v) is 19.2. The van der Waals surface area contributed by atoms with E-state index in [2.05, 4.69) is 41.9 Å². The smallest absolute Gasteiger partial charge is 0.410 e. The largest absolute Gasteiger partial charge is 0.444 e. The summed E-state index contributed by atoms with van der Waals surface area (Å²) in [5.74, 6) is -0.455. The molecule has 342 valence electrons. The van der Waals surface area contributed by atoms with Crippen LogP contribution in [0.1, 0.15) is 103 Å². The molecule has 16 nitrogen and oxygen atoms in total. The van der Waals surface area contributed by atoms with Crippen molar-refractivity contribution in [2.24, 2.45) is 11.8 Å². The van der Waals surface area contributed by atoms with Gasteiger partial charge in [0.05, 0.1) is 0 Å². The number of hydrogen-bond acceptors (Lipinski definition) is 10. The van der Waals surface area contributed by atoms with E-state index in [9.17, 15) is 24.0 Å². The van der Waals surface area contributed by atoms with Gasteiger partial charge in [-0.05, 0) is 146 Å². The third-order valence-corrected chi connectivity index (χ3v) is 11.6. The number of H-pyrrole nitrogens is 1. The Kier molecular flexibility index (Phi) is 15.3. The quantitative estimate of drug-likeness (QED) is 0.0936. The minimum Gasteiger partial charge on any atom is -0.444 e. The number of nitrogens with one attached hydrogen (secondary N) is 5. The highest BCUT2D eigenvalue weighted by Gasteiger charge is 2.33. The summed E-state index contributed by atoms with van der Waals surface area (Å²) in [5, 5.41) is 26.4. The van der Waals surface area contributed by atoms with Gasteiger partial charge in [-0.25, -0.2) is 9.59 Å². The number of carbonyl (C=O) groups is 5. The van der Waals surface area contributed by atoms with Crippen molar-refractivity contribution < 1.29 is 33.4 Å². The predicted octanol–water partition coefficient (Wildman–Crippen LogP) is 7.70. The van der Waals surface area contributed by atoms with Gasteiger partial charge >= 0.3 is 12.2 Å². The molecule has 0 bridgehead atoms. The molecule has 0 spiro atoms. The van der Waals surface area contributed by atoms with Crippen molar-refractivity contribution in [2.45, 2.75) is 123 Å². The van der Waals surface area contributed by atoms with Crippen LogP contribution in [-0.2, 0) is 25.5 Å². The Morgan fingerprint density at radius 1 is 0.859 bits per heavy atom. The van der Waals surface area contributed by atoms with E-state index in [1.165, 1.54) is 0 Å².